The second kappa shape index (κ2) is 9.00. The molecule has 3 heterocycles. The van der Waals surface area contributed by atoms with Crippen molar-refractivity contribution in [2.24, 2.45) is 11.7 Å². The standard InChI is InChI=1S/C24H22ClN7O3/c25-19-2-1-3-20(28-19)29-24(35)18-10-13-4-6-15(8-13)32(18)21(33)12-31-17-7-5-14(11-26)9-16(17)22(30-31)23(27)34/h1-3,5,7,9,13,15,18H,4,6,8,10,12H2,(H2,27,34)(H,28,29,35)/t13?,15-,18-/m0/s1. The van der Waals surface area contributed by atoms with Gasteiger partial charge in [-0.15, -0.1) is 0 Å². The molecule has 3 amide bonds. The molecule has 11 heteroatoms. The summed E-state index contributed by atoms with van der Waals surface area (Å²) in [5.74, 6) is -0.640. The quantitative estimate of drug-likeness (QED) is 0.524. The lowest BCUT2D eigenvalue weighted by Crippen LogP contribution is -2.55. The van der Waals surface area contributed by atoms with Crippen LogP contribution in [-0.4, -0.2) is 49.5 Å². The highest BCUT2D eigenvalue weighted by Gasteiger charge is 2.45. The molecule has 1 aliphatic carbocycles. The van der Waals surface area contributed by atoms with Crippen LogP contribution in [0.4, 0.5) is 5.82 Å². The molecule has 0 radical (unpaired) electrons. The molecule has 1 aliphatic heterocycles. The van der Waals surface area contributed by atoms with Crippen LogP contribution in [0.15, 0.2) is 36.4 Å². The molecule has 0 spiro atoms. The molecule has 1 saturated heterocycles. The number of benzene rings is 1. The highest BCUT2D eigenvalue weighted by molar-refractivity contribution is 6.29. The number of piperidine rings is 1. The molecule has 2 fully saturated rings. The summed E-state index contributed by atoms with van der Waals surface area (Å²) in [6, 6.07) is 11.0. The van der Waals surface area contributed by atoms with E-state index in [9.17, 15) is 19.6 Å². The molecule has 178 valence electrons. The predicted molar refractivity (Wildman–Crippen MR) is 127 cm³/mol. The number of nitrogens with two attached hydrogens (primary N) is 1. The number of fused-ring (bicyclic) bond motifs is 3. The van der Waals surface area contributed by atoms with E-state index < -0.39 is 11.9 Å². The lowest BCUT2D eigenvalue weighted by molar-refractivity contribution is -0.144. The zero-order valence-corrected chi connectivity index (χ0v) is 19.4. The number of rotatable bonds is 5. The van der Waals surface area contributed by atoms with Gasteiger partial charge in [0.05, 0.1) is 17.1 Å². The molecule has 1 aromatic carbocycles. The minimum Gasteiger partial charge on any atom is -0.364 e. The third kappa shape index (κ3) is 4.31. The number of likely N-dealkylation sites (tertiary alicyclic amines) is 1. The van der Waals surface area contributed by atoms with Crippen molar-refractivity contribution in [3.05, 3.63) is 52.8 Å². The van der Waals surface area contributed by atoms with Crippen LogP contribution in [0, 0.1) is 17.2 Å². The van der Waals surface area contributed by atoms with E-state index in [1.54, 1.807) is 35.2 Å². The van der Waals surface area contributed by atoms with Crippen molar-refractivity contribution in [2.45, 2.75) is 44.3 Å². The number of carbonyl (C=O) groups is 3. The minimum atomic E-state index is -0.751. The maximum absolute atomic E-state index is 13.6. The van der Waals surface area contributed by atoms with Crippen LogP contribution in [0.3, 0.4) is 0 Å². The highest BCUT2D eigenvalue weighted by Crippen LogP contribution is 2.40. The van der Waals surface area contributed by atoms with Gasteiger partial charge in [0.25, 0.3) is 5.91 Å². The molecule has 2 aliphatic rings. The molecule has 3 N–H and O–H groups in total. The molecular formula is C24H22ClN7O3. The van der Waals surface area contributed by atoms with Gasteiger partial charge < -0.3 is 16.0 Å². The van der Waals surface area contributed by atoms with Gasteiger partial charge in [-0.3, -0.25) is 19.1 Å². The van der Waals surface area contributed by atoms with Gasteiger partial charge in [0, 0.05) is 11.4 Å². The number of nitrogens with one attached hydrogen (secondary N) is 1. The van der Waals surface area contributed by atoms with Gasteiger partial charge in [0.15, 0.2) is 5.69 Å². The number of amides is 3. The van der Waals surface area contributed by atoms with Gasteiger partial charge in [-0.05, 0) is 61.9 Å². The third-order valence-corrected chi connectivity index (χ3v) is 6.96. The third-order valence-electron chi connectivity index (χ3n) is 6.75. The van der Waals surface area contributed by atoms with Crippen LogP contribution in [0.25, 0.3) is 10.9 Å². The summed E-state index contributed by atoms with van der Waals surface area (Å²) < 4.78 is 1.41. The Morgan fingerprint density at radius 1 is 1.20 bits per heavy atom. The minimum absolute atomic E-state index is 0.00852. The first-order chi connectivity index (χ1) is 16.8. The van der Waals surface area contributed by atoms with Crippen molar-refractivity contribution in [3.63, 3.8) is 0 Å². The molecule has 2 bridgehead atoms. The van der Waals surface area contributed by atoms with Crippen molar-refractivity contribution in [1.29, 1.82) is 5.26 Å². The number of aromatic nitrogens is 3. The Bertz CT molecular complexity index is 1400. The summed E-state index contributed by atoms with van der Waals surface area (Å²) in [4.78, 5) is 44.6. The topological polar surface area (TPSA) is 147 Å². The van der Waals surface area contributed by atoms with Crippen LogP contribution in [0.5, 0.6) is 0 Å². The number of anilines is 1. The first-order valence-electron chi connectivity index (χ1n) is 11.3. The average molecular weight is 492 g/mol. The normalized spacial score (nSPS) is 21.0. The van der Waals surface area contributed by atoms with Gasteiger partial charge in [-0.2, -0.15) is 10.4 Å². The van der Waals surface area contributed by atoms with Gasteiger partial charge >= 0.3 is 0 Å². The lowest BCUT2D eigenvalue weighted by Gasteiger charge is -2.39. The van der Waals surface area contributed by atoms with Crippen LogP contribution in [-0.2, 0) is 16.1 Å². The van der Waals surface area contributed by atoms with Gasteiger partial charge in [0.2, 0.25) is 11.8 Å². The zero-order chi connectivity index (χ0) is 24.7. The summed E-state index contributed by atoms with van der Waals surface area (Å²) in [6.45, 7) is -0.171. The average Bonchev–Trinajstić information content (AvgIpc) is 3.38. The van der Waals surface area contributed by atoms with Gasteiger partial charge in [0.1, 0.15) is 23.6 Å². The molecule has 2 aromatic heterocycles. The smallest absolute Gasteiger partial charge is 0.269 e. The molecule has 3 aromatic rings. The van der Waals surface area contributed by atoms with E-state index in [-0.39, 0.29) is 35.2 Å². The Morgan fingerprint density at radius 2 is 2.03 bits per heavy atom. The Hall–Kier alpha value is -3.97. The zero-order valence-electron chi connectivity index (χ0n) is 18.6. The fourth-order valence-electron chi connectivity index (χ4n) is 5.26. The van der Waals surface area contributed by atoms with E-state index in [4.69, 9.17) is 17.3 Å². The fraction of sp³-hybridized carbons (Fsp3) is 0.333. The van der Waals surface area contributed by atoms with Gasteiger partial charge in [-0.1, -0.05) is 17.7 Å². The first-order valence-corrected chi connectivity index (χ1v) is 11.7. The van der Waals surface area contributed by atoms with Crippen LogP contribution < -0.4 is 11.1 Å². The van der Waals surface area contributed by atoms with Crippen molar-refractivity contribution in [3.8, 4) is 6.07 Å². The number of pyridine rings is 1. The highest BCUT2D eigenvalue weighted by atomic mass is 35.5. The maximum Gasteiger partial charge on any atom is 0.269 e. The van der Waals surface area contributed by atoms with Crippen LogP contribution >= 0.6 is 11.6 Å². The van der Waals surface area contributed by atoms with Crippen molar-refractivity contribution in [1.82, 2.24) is 19.7 Å². The number of halogens is 1. The van der Waals surface area contributed by atoms with Gasteiger partial charge in [-0.25, -0.2) is 4.98 Å². The van der Waals surface area contributed by atoms with E-state index in [1.165, 1.54) is 10.7 Å². The Balaban J connectivity index is 1.44. The predicted octanol–water partition coefficient (Wildman–Crippen LogP) is 2.46. The molecule has 5 rings (SSSR count). The number of nitrogens with zero attached hydrogens (tertiary/aromatic N) is 5. The van der Waals surface area contributed by atoms with E-state index in [2.05, 4.69) is 15.4 Å². The van der Waals surface area contributed by atoms with Crippen molar-refractivity contribution < 1.29 is 14.4 Å². The Morgan fingerprint density at radius 3 is 2.77 bits per heavy atom. The summed E-state index contributed by atoms with van der Waals surface area (Å²) in [7, 11) is 0. The largest absolute Gasteiger partial charge is 0.364 e. The Kier molecular flexibility index (Phi) is 5.86. The SMILES string of the molecule is N#Cc1ccc2c(c1)c(C(N)=O)nn2CC(=O)N1[C@H]2CCC(C2)C[C@H]1C(=O)Nc1cccc(Cl)n1. The van der Waals surface area contributed by atoms with Crippen LogP contribution in [0.1, 0.15) is 41.7 Å². The number of hydrogen-bond acceptors (Lipinski definition) is 6. The molecule has 10 nitrogen and oxygen atoms in total. The number of nitriles is 1. The summed E-state index contributed by atoms with van der Waals surface area (Å²) >= 11 is 5.94. The maximum atomic E-state index is 13.6. The second-order valence-corrected chi connectivity index (χ2v) is 9.32. The number of carbonyl (C=O) groups excluding carboxylic acids is 3. The summed E-state index contributed by atoms with van der Waals surface area (Å²) in [6.07, 6.45) is 3.20. The van der Waals surface area contributed by atoms with E-state index in [0.717, 1.165) is 19.3 Å². The van der Waals surface area contributed by atoms with E-state index >= 15 is 0 Å². The second-order valence-electron chi connectivity index (χ2n) is 8.93. The van der Waals surface area contributed by atoms with E-state index in [1.807, 2.05) is 6.07 Å². The molecule has 35 heavy (non-hydrogen) atoms. The number of primary amides is 1. The van der Waals surface area contributed by atoms with E-state index in [0.29, 0.717) is 34.6 Å². The van der Waals surface area contributed by atoms with Crippen LogP contribution in [0.2, 0.25) is 5.15 Å². The van der Waals surface area contributed by atoms with Crippen molar-refractivity contribution in [2.75, 3.05) is 5.32 Å². The summed E-state index contributed by atoms with van der Waals surface area (Å²) in [5, 5.41) is 16.9. The monoisotopic (exact) mass is 491 g/mol. The first kappa shape index (κ1) is 22.8. The molecular weight excluding hydrogens is 470 g/mol. The molecule has 3 atom stereocenters. The number of hydrogen-bond donors (Lipinski definition) is 2. The molecule has 1 unspecified atom stereocenters. The lowest BCUT2D eigenvalue weighted by atomic mass is 9.91. The fourth-order valence-corrected chi connectivity index (χ4v) is 5.42. The Labute approximate surface area is 205 Å². The summed E-state index contributed by atoms with van der Waals surface area (Å²) in [5.41, 5.74) is 6.35. The van der Waals surface area contributed by atoms with Crippen molar-refractivity contribution >= 4 is 46.0 Å². The molecule has 1 saturated carbocycles.